The van der Waals surface area contributed by atoms with Gasteiger partial charge in [-0.15, -0.1) is 0 Å². The summed E-state index contributed by atoms with van der Waals surface area (Å²) in [5.74, 6) is 0.352. The molecule has 6 heteroatoms. The van der Waals surface area contributed by atoms with Gasteiger partial charge in [-0.3, -0.25) is 4.79 Å². The fraction of sp³-hybridized carbons (Fsp3) is 0.462. The van der Waals surface area contributed by atoms with E-state index in [-0.39, 0.29) is 5.91 Å². The van der Waals surface area contributed by atoms with Crippen LogP contribution in [0.25, 0.3) is 0 Å². The van der Waals surface area contributed by atoms with E-state index in [1.807, 2.05) is 0 Å². The number of amides is 1. The molecule has 1 amide bonds. The zero-order chi connectivity index (χ0) is 13.9. The van der Waals surface area contributed by atoms with Crippen LogP contribution >= 0.6 is 11.6 Å². The van der Waals surface area contributed by atoms with Crippen LogP contribution in [0.1, 0.15) is 12.8 Å². The number of hydrogen-bond acceptors (Lipinski definition) is 4. The minimum atomic E-state index is -0.870. The predicted octanol–water partition coefficient (Wildman–Crippen LogP) is 1.79. The maximum atomic E-state index is 12.2. The van der Waals surface area contributed by atoms with Gasteiger partial charge in [0.2, 0.25) is 5.91 Å². The van der Waals surface area contributed by atoms with Crippen LogP contribution in [0.5, 0.6) is 5.75 Å². The van der Waals surface area contributed by atoms with Crippen molar-refractivity contribution >= 4 is 23.2 Å². The van der Waals surface area contributed by atoms with Gasteiger partial charge in [-0.2, -0.15) is 0 Å². The van der Waals surface area contributed by atoms with Crippen molar-refractivity contribution in [2.45, 2.75) is 18.4 Å². The van der Waals surface area contributed by atoms with Crippen LogP contribution in [-0.2, 0) is 9.53 Å². The molecule has 0 saturated carbocycles. The van der Waals surface area contributed by atoms with Crippen molar-refractivity contribution in [3.05, 3.63) is 23.2 Å². The zero-order valence-electron chi connectivity index (χ0n) is 10.7. The lowest BCUT2D eigenvalue weighted by Gasteiger charge is -2.31. The Bertz CT molecular complexity index is 473. The van der Waals surface area contributed by atoms with Gasteiger partial charge >= 0.3 is 0 Å². The number of halogens is 1. The normalized spacial score (nSPS) is 17.8. The molecule has 0 bridgehead atoms. The molecule has 1 aromatic carbocycles. The van der Waals surface area contributed by atoms with E-state index in [4.69, 9.17) is 26.8 Å². The van der Waals surface area contributed by atoms with Gasteiger partial charge in [-0.1, -0.05) is 11.6 Å². The molecule has 5 nitrogen and oxygen atoms in total. The average Bonchev–Trinajstić information content (AvgIpc) is 2.40. The Morgan fingerprint density at radius 3 is 2.74 bits per heavy atom. The molecule has 1 aliphatic rings. The Morgan fingerprint density at radius 2 is 2.16 bits per heavy atom. The van der Waals surface area contributed by atoms with E-state index >= 15 is 0 Å². The number of carbonyl (C=O) groups is 1. The van der Waals surface area contributed by atoms with E-state index < -0.39 is 5.54 Å². The molecule has 3 N–H and O–H groups in total. The lowest BCUT2D eigenvalue weighted by atomic mass is 9.90. The third kappa shape index (κ3) is 3.18. The van der Waals surface area contributed by atoms with Gasteiger partial charge in [0.15, 0.2) is 0 Å². The van der Waals surface area contributed by atoms with E-state index in [0.717, 1.165) is 0 Å². The Kier molecular flexibility index (Phi) is 4.29. The fourth-order valence-corrected chi connectivity index (χ4v) is 2.22. The Morgan fingerprint density at radius 1 is 1.47 bits per heavy atom. The summed E-state index contributed by atoms with van der Waals surface area (Å²) < 4.78 is 10.3. The van der Waals surface area contributed by atoms with Gasteiger partial charge < -0.3 is 20.5 Å². The smallest absolute Gasteiger partial charge is 0.244 e. The zero-order valence-corrected chi connectivity index (χ0v) is 11.5. The summed E-state index contributed by atoms with van der Waals surface area (Å²) in [4.78, 5) is 12.2. The lowest BCUT2D eigenvalue weighted by Crippen LogP contribution is -2.54. The van der Waals surface area contributed by atoms with Gasteiger partial charge in [0, 0.05) is 18.9 Å². The van der Waals surface area contributed by atoms with Crippen LogP contribution in [0.2, 0.25) is 5.02 Å². The minimum absolute atomic E-state index is 0.211. The summed E-state index contributed by atoms with van der Waals surface area (Å²) in [6.07, 6.45) is 1.03. The highest BCUT2D eigenvalue weighted by molar-refractivity contribution is 6.32. The van der Waals surface area contributed by atoms with Crippen molar-refractivity contribution in [3.8, 4) is 5.75 Å². The number of ether oxygens (including phenoxy) is 2. The van der Waals surface area contributed by atoms with Crippen LogP contribution in [0.15, 0.2) is 18.2 Å². The second-order valence-electron chi connectivity index (χ2n) is 4.57. The van der Waals surface area contributed by atoms with Crippen molar-refractivity contribution < 1.29 is 14.3 Å². The third-order valence-electron chi connectivity index (χ3n) is 3.25. The number of hydrogen-bond donors (Lipinski definition) is 2. The Labute approximate surface area is 117 Å². The number of nitrogens with one attached hydrogen (secondary N) is 1. The standard InChI is InChI=1S/C13H17ClN2O3/c1-18-11-3-2-9(8-10(11)14)16-12(17)13(15)4-6-19-7-5-13/h2-3,8H,4-7,15H2,1H3,(H,16,17). The monoisotopic (exact) mass is 284 g/mol. The lowest BCUT2D eigenvalue weighted by molar-refractivity contribution is -0.124. The molecule has 0 aromatic heterocycles. The number of nitrogens with two attached hydrogens (primary N) is 1. The van der Waals surface area contributed by atoms with Crippen LogP contribution < -0.4 is 15.8 Å². The van der Waals surface area contributed by atoms with Crippen molar-refractivity contribution in [1.82, 2.24) is 0 Å². The molecule has 0 aliphatic carbocycles. The van der Waals surface area contributed by atoms with Crippen LogP contribution in [0.4, 0.5) is 5.69 Å². The van der Waals surface area contributed by atoms with E-state index in [2.05, 4.69) is 5.32 Å². The van der Waals surface area contributed by atoms with E-state index in [9.17, 15) is 4.79 Å². The SMILES string of the molecule is COc1ccc(NC(=O)C2(N)CCOCC2)cc1Cl. The van der Waals surface area contributed by atoms with Crippen LogP contribution in [0, 0.1) is 0 Å². The number of benzene rings is 1. The fourth-order valence-electron chi connectivity index (χ4n) is 1.96. The maximum absolute atomic E-state index is 12.2. The van der Waals surface area contributed by atoms with Gasteiger partial charge in [0.1, 0.15) is 11.3 Å². The van der Waals surface area contributed by atoms with Gasteiger partial charge in [-0.05, 0) is 31.0 Å². The molecule has 1 fully saturated rings. The number of methoxy groups -OCH3 is 1. The van der Waals surface area contributed by atoms with E-state index in [1.165, 1.54) is 7.11 Å². The highest BCUT2D eigenvalue weighted by Gasteiger charge is 2.35. The molecule has 2 rings (SSSR count). The molecule has 104 valence electrons. The molecule has 0 radical (unpaired) electrons. The van der Waals surface area contributed by atoms with Crippen molar-refractivity contribution in [2.75, 3.05) is 25.6 Å². The molecule has 0 unspecified atom stereocenters. The van der Waals surface area contributed by atoms with Crippen molar-refractivity contribution in [1.29, 1.82) is 0 Å². The minimum Gasteiger partial charge on any atom is -0.495 e. The van der Waals surface area contributed by atoms with Gasteiger partial charge in [0.25, 0.3) is 0 Å². The summed E-state index contributed by atoms with van der Waals surface area (Å²) >= 11 is 6.01. The topological polar surface area (TPSA) is 73.6 Å². The second-order valence-corrected chi connectivity index (χ2v) is 4.98. The number of carbonyl (C=O) groups excluding carboxylic acids is 1. The first-order valence-corrected chi connectivity index (χ1v) is 6.44. The maximum Gasteiger partial charge on any atom is 0.244 e. The summed E-state index contributed by atoms with van der Waals surface area (Å²) in [7, 11) is 1.54. The van der Waals surface area contributed by atoms with E-state index in [1.54, 1.807) is 18.2 Å². The van der Waals surface area contributed by atoms with Gasteiger partial charge in [0.05, 0.1) is 12.1 Å². The Balaban J connectivity index is 2.08. The first-order valence-electron chi connectivity index (χ1n) is 6.07. The second kappa shape index (κ2) is 5.77. The largest absolute Gasteiger partial charge is 0.495 e. The molecule has 1 heterocycles. The van der Waals surface area contributed by atoms with Crippen LogP contribution in [0.3, 0.4) is 0 Å². The van der Waals surface area contributed by atoms with Crippen molar-refractivity contribution in [3.63, 3.8) is 0 Å². The summed E-state index contributed by atoms with van der Waals surface area (Å²) in [6.45, 7) is 1.01. The van der Waals surface area contributed by atoms with Gasteiger partial charge in [-0.25, -0.2) is 0 Å². The molecule has 19 heavy (non-hydrogen) atoms. The molecule has 1 saturated heterocycles. The Hall–Kier alpha value is -1.30. The highest BCUT2D eigenvalue weighted by atomic mass is 35.5. The molecule has 0 atom stereocenters. The predicted molar refractivity (Wildman–Crippen MR) is 73.6 cm³/mol. The summed E-state index contributed by atoms with van der Waals surface area (Å²) in [6, 6.07) is 5.07. The molecule has 0 spiro atoms. The summed E-state index contributed by atoms with van der Waals surface area (Å²) in [5, 5.41) is 3.23. The molecule has 1 aromatic rings. The highest BCUT2D eigenvalue weighted by Crippen LogP contribution is 2.28. The number of rotatable bonds is 3. The first kappa shape index (κ1) is 14.1. The number of anilines is 1. The first-order chi connectivity index (χ1) is 9.05. The van der Waals surface area contributed by atoms with Crippen molar-refractivity contribution in [2.24, 2.45) is 5.73 Å². The molecule has 1 aliphatic heterocycles. The quantitative estimate of drug-likeness (QED) is 0.887. The molecular weight excluding hydrogens is 268 g/mol. The van der Waals surface area contributed by atoms with E-state index in [0.29, 0.717) is 42.5 Å². The molecular formula is C13H17ClN2O3. The average molecular weight is 285 g/mol. The summed E-state index contributed by atoms with van der Waals surface area (Å²) in [5.41, 5.74) is 5.83. The van der Waals surface area contributed by atoms with Crippen LogP contribution in [-0.4, -0.2) is 31.8 Å². The third-order valence-corrected chi connectivity index (χ3v) is 3.54.